The molecule has 1 aliphatic heterocycles. The highest BCUT2D eigenvalue weighted by atomic mass is 16.4. The van der Waals surface area contributed by atoms with E-state index in [4.69, 9.17) is 0 Å². The molecule has 1 aromatic carbocycles. The van der Waals surface area contributed by atoms with Crippen molar-refractivity contribution >= 4 is 17.8 Å². The van der Waals surface area contributed by atoms with Crippen molar-refractivity contribution in [3.8, 4) is 0 Å². The number of carboxylic acids is 1. The first-order valence-electron chi connectivity index (χ1n) is 8.94. The van der Waals surface area contributed by atoms with Crippen molar-refractivity contribution in [1.82, 2.24) is 10.2 Å². The van der Waals surface area contributed by atoms with Gasteiger partial charge in [0, 0.05) is 25.9 Å². The molecule has 6 nitrogen and oxygen atoms in total. The van der Waals surface area contributed by atoms with Crippen LogP contribution in [-0.2, 0) is 19.8 Å². The van der Waals surface area contributed by atoms with E-state index in [0.717, 1.165) is 11.1 Å². The van der Waals surface area contributed by atoms with Crippen molar-refractivity contribution in [2.24, 2.45) is 5.92 Å². The van der Waals surface area contributed by atoms with E-state index in [9.17, 15) is 19.5 Å². The minimum Gasteiger partial charge on any atom is -0.481 e. The Morgan fingerprint density at radius 1 is 1.27 bits per heavy atom. The van der Waals surface area contributed by atoms with E-state index < -0.39 is 17.9 Å². The molecule has 1 heterocycles. The summed E-state index contributed by atoms with van der Waals surface area (Å²) in [4.78, 5) is 37.3. The molecule has 0 aliphatic carbocycles. The Kier molecular flexibility index (Phi) is 6.05. The summed E-state index contributed by atoms with van der Waals surface area (Å²) in [6.07, 6.45) is 0.573. The van der Waals surface area contributed by atoms with Crippen LogP contribution < -0.4 is 5.32 Å². The van der Waals surface area contributed by atoms with Crippen molar-refractivity contribution in [2.45, 2.75) is 51.5 Å². The van der Waals surface area contributed by atoms with Gasteiger partial charge < -0.3 is 15.3 Å². The third kappa shape index (κ3) is 5.07. The van der Waals surface area contributed by atoms with Gasteiger partial charge in [-0.05, 0) is 23.0 Å². The summed E-state index contributed by atoms with van der Waals surface area (Å²) in [7, 11) is 1.72. The molecule has 26 heavy (non-hydrogen) atoms. The third-order valence-electron chi connectivity index (χ3n) is 4.90. The molecule has 1 aliphatic rings. The Morgan fingerprint density at radius 2 is 1.88 bits per heavy atom. The second-order valence-electron chi connectivity index (χ2n) is 8.04. The van der Waals surface area contributed by atoms with Crippen molar-refractivity contribution in [1.29, 1.82) is 0 Å². The van der Waals surface area contributed by atoms with Crippen molar-refractivity contribution in [3.63, 3.8) is 0 Å². The number of aliphatic carboxylic acids is 1. The average molecular weight is 360 g/mol. The molecule has 0 bridgehead atoms. The monoisotopic (exact) mass is 360 g/mol. The minimum atomic E-state index is -0.977. The highest BCUT2D eigenvalue weighted by molar-refractivity contribution is 5.87. The van der Waals surface area contributed by atoms with Gasteiger partial charge >= 0.3 is 5.97 Å². The topological polar surface area (TPSA) is 86.7 Å². The van der Waals surface area contributed by atoms with Gasteiger partial charge in [-0.3, -0.25) is 14.4 Å². The Morgan fingerprint density at radius 3 is 2.38 bits per heavy atom. The number of benzene rings is 1. The predicted octanol–water partition coefficient (Wildman–Crippen LogP) is 2.48. The summed E-state index contributed by atoms with van der Waals surface area (Å²) < 4.78 is 0. The summed E-state index contributed by atoms with van der Waals surface area (Å²) >= 11 is 0. The first kappa shape index (κ1) is 19.9. The van der Waals surface area contributed by atoms with Crippen molar-refractivity contribution in [3.05, 3.63) is 35.4 Å². The molecule has 0 saturated carbocycles. The molecule has 142 valence electrons. The zero-order valence-corrected chi connectivity index (χ0v) is 15.9. The number of piperidine rings is 1. The molecule has 2 atom stereocenters. The molecular weight excluding hydrogens is 332 g/mol. The lowest BCUT2D eigenvalue weighted by Gasteiger charge is -2.29. The standard InChI is InChI=1S/C20H28N2O4/c1-20(2,3)15-7-5-13(6-8-15)16(12-18(24)25)21-19(26)14-9-10-22(4)17(23)11-14/h5-8,14,16H,9-12H2,1-4H3,(H,21,26)(H,24,25)/t14-,16-/m0/s1. The fraction of sp³-hybridized carbons (Fsp3) is 0.550. The van der Waals surface area contributed by atoms with E-state index in [1.807, 2.05) is 24.3 Å². The van der Waals surface area contributed by atoms with Crippen LogP contribution in [0, 0.1) is 5.92 Å². The Hall–Kier alpha value is -2.37. The smallest absolute Gasteiger partial charge is 0.305 e. The van der Waals surface area contributed by atoms with Crippen LogP contribution in [-0.4, -0.2) is 41.4 Å². The SMILES string of the molecule is CN1CC[C@H](C(=O)N[C@@H](CC(=O)O)c2ccc(C(C)(C)C)cc2)CC1=O. The fourth-order valence-electron chi connectivity index (χ4n) is 3.10. The zero-order valence-electron chi connectivity index (χ0n) is 15.9. The average Bonchev–Trinajstić information content (AvgIpc) is 2.55. The van der Waals surface area contributed by atoms with Gasteiger partial charge in [-0.15, -0.1) is 0 Å². The number of likely N-dealkylation sites (tertiary alicyclic amines) is 1. The molecule has 1 fully saturated rings. The highest BCUT2D eigenvalue weighted by Gasteiger charge is 2.30. The van der Waals surface area contributed by atoms with E-state index >= 15 is 0 Å². The minimum absolute atomic E-state index is 0.00143. The molecule has 0 aromatic heterocycles. The van der Waals surface area contributed by atoms with E-state index in [0.29, 0.717) is 13.0 Å². The van der Waals surface area contributed by atoms with Gasteiger partial charge in [0.25, 0.3) is 0 Å². The molecule has 2 amide bonds. The van der Waals surface area contributed by atoms with E-state index in [-0.39, 0.29) is 30.1 Å². The maximum absolute atomic E-state index is 12.6. The number of nitrogens with zero attached hydrogens (tertiary/aromatic N) is 1. The van der Waals surface area contributed by atoms with Gasteiger partial charge in [-0.2, -0.15) is 0 Å². The van der Waals surface area contributed by atoms with Crippen molar-refractivity contribution in [2.75, 3.05) is 13.6 Å². The second-order valence-corrected chi connectivity index (χ2v) is 8.04. The summed E-state index contributed by atoms with van der Waals surface area (Å²) in [6.45, 7) is 6.86. The predicted molar refractivity (Wildman–Crippen MR) is 98.6 cm³/mol. The molecular formula is C20H28N2O4. The van der Waals surface area contributed by atoms with Crippen LogP contribution in [0.5, 0.6) is 0 Å². The molecule has 1 saturated heterocycles. The van der Waals surface area contributed by atoms with Gasteiger partial charge in [0.1, 0.15) is 0 Å². The first-order valence-corrected chi connectivity index (χ1v) is 8.94. The number of rotatable bonds is 5. The Bertz CT molecular complexity index is 676. The van der Waals surface area contributed by atoms with Crippen LogP contribution in [0.15, 0.2) is 24.3 Å². The summed E-state index contributed by atoms with van der Waals surface area (Å²) in [6, 6.07) is 7.07. The van der Waals surface area contributed by atoms with Crippen LogP contribution >= 0.6 is 0 Å². The Labute approximate surface area is 154 Å². The largest absolute Gasteiger partial charge is 0.481 e. The lowest BCUT2D eigenvalue weighted by molar-refractivity contribution is -0.140. The number of amides is 2. The van der Waals surface area contributed by atoms with Crippen LogP contribution in [0.1, 0.15) is 57.2 Å². The van der Waals surface area contributed by atoms with Gasteiger partial charge in [0.05, 0.1) is 12.5 Å². The van der Waals surface area contributed by atoms with Gasteiger partial charge in [0.2, 0.25) is 11.8 Å². The Balaban J connectivity index is 2.13. The number of carbonyl (C=O) groups is 3. The summed E-state index contributed by atoms with van der Waals surface area (Å²) in [5.41, 5.74) is 1.90. The van der Waals surface area contributed by atoms with Crippen LogP contribution in [0.4, 0.5) is 0 Å². The van der Waals surface area contributed by atoms with Gasteiger partial charge in [0.15, 0.2) is 0 Å². The van der Waals surface area contributed by atoms with Crippen LogP contribution in [0.25, 0.3) is 0 Å². The maximum Gasteiger partial charge on any atom is 0.305 e. The molecule has 2 N–H and O–H groups in total. The fourth-order valence-corrected chi connectivity index (χ4v) is 3.10. The van der Waals surface area contributed by atoms with E-state index in [1.165, 1.54) is 0 Å². The molecule has 6 heteroatoms. The molecule has 0 unspecified atom stereocenters. The van der Waals surface area contributed by atoms with E-state index in [1.54, 1.807) is 11.9 Å². The van der Waals surface area contributed by atoms with E-state index in [2.05, 4.69) is 26.1 Å². The lowest BCUT2D eigenvalue weighted by Crippen LogP contribution is -2.43. The third-order valence-corrected chi connectivity index (χ3v) is 4.90. The first-order chi connectivity index (χ1) is 12.1. The molecule has 2 rings (SSSR count). The quantitative estimate of drug-likeness (QED) is 0.845. The number of carboxylic acid groups (broad SMARTS) is 1. The number of hydrogen-bond donors (Lipinski definition) is 2. The van der Waals surface area contributed by atoms with Gasteiger partial charge in [-0.25, -0.2) is 0 Å². The van der Waals surface area contributed by atoms with Crippen LogP contribution in [0.3, 0.4) is 0 Å². The number of nitrogens with one attached hydrogen (secondary N) is 1. The highest BCUT2D eigenvalue weighted by Crippen LogP contribution is 2.26. The zero-order chi connectivity index (χ0) is 19.5. The number of hydrogen-bond acceptors (Lipinski definition) is 3. The lowest BCUT2D eigenvalue weighted by atomic mass is 9.86. The summed E-state index contributed by atoms with van der Waals surface area (Å²) in [5.74, 6) is -1.68. The molecule has 0 spiro atoms. The summed E-state index contributed by atoms with van der Waals surface area (Å²) in [5, 5.41) is 12.1. The maximum atomic E-state index is 12.6. The van der Waals surface area contributed by atoms with Crippen molar-refractivity contribution < 1.29 is 19.5 Å². The molecule has 1 aromatic rings. The van der Waals surface area contributed by atoms with Gasteiger partial charge in [-0.1, -0.05) is 45.0 Å². The molecule has 0 radical (unpaired) electrons. The second kappa shape index (κ2) is 7.89. The van der Waals surface area contributed by atoms with Crippen LogP contribution in [0.2, 0.25) is 0 Å². The normalized spacial score (nSPS) is 19.2. The number of carbonyl (C=O) groups excluding carboxylic acids is 2.